The van der Waals surface area contributed by atoms with Crippen molar-refractivity contribution < 1.29 is 14.9 Å². The quantitative estimate of drug-likeness (QED) is 0.462. The molecule has 2 aliphatic heterocycles. The lowest BCUT2D eigenvalue weighted by molar-refractivity contribution is -0.0981. The Hall–Kier alpha value is -1.52. The van der Waals surface area contributed by atoms with Crippen molar-refractivity contribution in [2.45, 2.75) is 23.3 Å². The molecule has 102 valence electrons. The van der Waals surface area contributed by atoms with Gasteiger partial charge in [0.1, 0.15) is 23.1 Å². The van der Waals surface area contributed by atoms with Gasteiger partial charge in [0.05, 0.1) is 6.61 Å². The van der Waals surface area contributed by atoms with Crippen LogP contribution in [0, 0.1) is 12.3 Å². The number of alkyl halides is 1. The lowest BCUT2D eigenvalue weighted by Crippen LogP contribution is -2.43. The van der Waals surface area contributed by atoms with E-state index in [-0.39, 0.29) is 0 Å². The largest absolute Gasteiger partial charge is 0.392 e. The third-order valence-corrected chi connectivity index (χ3v) is 3.55. The first-order valence-electron chi connectivity index (χ1n) is 5.53. The van der Waals surface area contributed by atoms with Crippen LogP contribution in [0.1, 0.15) is 0 Å². The third-order valence-electron chi connectivity index (χ3n) is 3.10. The summed E-state index contributed by atoms with van der Waals surface area (Å²) in [7, 11) is 0. The molecule has 4 N–H and O–H groups in total. The first-order valence-corrected chi connectivity index (χ1v) is 5.97. The number of nitrogens with zero attached hydrogens (tertiary/aromatic N) is 2. The van der Waals surface area contributed by atoms with Crippen LogP contribution in [0.2, 0.25) is 0 Å². The van der Waals surface area contributed by atoms with Gasteiger partial charge in [-0.3, -0.25) is 0 Å². The van der Waals surface area contributed by atoms with E-state index in [0.717, 1.165) is 0 Å². The van der Waals surface area contributed by atoms with Crippen molar-refractivity contribution in [3.63, 3.8) is 0 Å². The summed E-state index contributed by atoms with van der Waals surface area (Å²) in [6, 6.07) is 0. The number of ether oxygens (including phenoxy) is 1. The molecule has 1 fully saturated rings. The molecule has 1 saturated heterocycles. The van der Waals surface area contributed by atoms with E-state index < -0.39 is 29.9 Å². The summed E-state index contributed by atoms with van der Waals surface area (Å²) in [6.07, 6.45) is 6.45. The summed E-state index contributed by atoms with van der Waals surface area (Å²) in [6.45, 7) is 3.18. The van der Waals surface area contributed by atoms with Crippen LogP contribution in [0.3, 0.4) is 0 Å². The monoisotopic (exact) mass is 283 g/mol. The first kappa shape index (κ1) is 13.9. The maximum Gasteiger partial charge on any atom is 0.181 e. The Morgan fingerprint density at radius 3 is 2.89 bits per heavy atom. The molecule has 0 aromatic carbocycles. The van der Waals surface area contributed by atoms with Gasteiger partial charge in [-0.05, 0) is 6.08 Å². The molecule has 2 aliphatic rings. The molecule has 0 aromatic heterocycles. The Bertz CT molecular complexity index is 499. The Kier molecular flexibility index (Phi) is 3.56. The van der Waals surface area contributed by atoms with Gasteiger partial charge in [0.2, 0.25) is 0 Å². The molecule has 2 heterocycles. The number of amidine groups is 1. The number of rotatable bonds is 2. The highest BCUT2D eigenvalue weighted by atomic mass is 35.5. The Morgan fingerprint density at radius 2 is 2.42 bits per heavy atom. The molecule has 0 saturated carbocycles. The van der Waals surface area contributed by atoms with E-state index in [1.54, 1.807) is 12.3 Å². The van der Waals surface area contributed by atoms with Gasteiger partial charge in [0.15, 0.2) is 11.8 Å². The normalized spacial score (nSPS) is 38.2. The predicted octanol–water partition coefficient (Wildman–Crippen LogP) is -0.667. The zero-order valence-electron chi connectivity index (χ0n) is 10.0. The van der Waals surface area contributed by atoms with Crippen LogP contribution < -0.4 is 5.73 Å². The lowest BCUT2D eigenvalue weighted by atomic mass is 9.98. The van der Waals surface area contributed by atoms with E-state index in [2.05, 4.69) is 17.5 Å². The summed E-state index contributed by atoms with van der Waals surface area (Å²) in [4.78, 5) is 5.48. The number of nitrogens with two attached hydrogens (primary N) is 1. The zero-order valence-corrected chi connectivity index (χ0v) is 10.8. The lowest BCUT2D eigenvalue weighted by Gasteiger charge is -2.31. The molecule has 0 amide bonds. The van der Waals surface area contributed by atoms with Crippen LogP contribution >= 0.6 is 11.6 Å². The minimum absolute atomic E-state index is 0.302. The van der Waals surface area contributed by atoms with Crippen LogP contribution in [0.25, 0.3) is 0 Å². The Morgan fingerprint density at radius 1 is 1.74 bits per heavy atom. The molecule has 0 unspecified atom stereocenters. The highest BCUT2D eigenvalue weighted by Gasteiger charge is 2.55. The summed E-state index contributed by atoms with van der Waals surface area (Å²) in [5.41, 5.74) is 4.00. The Balaban J connectivity index is 2.27. The third kappa shape index (κ3) is 2.11. The van der Waals surface area contributed by atoms with Gasteiger partial charge in [-0.1, -0.05) is 12.5 Å². The molecule has 0 radical (unpaired) electrons. The number of aliphatic hydroxyl groups excluding tert-OH is 2. The zero-order chi connectivity index (χ0) is 14.2. The second-order valence-corrected chi connectivity index (χ2v) is 4.77. The fourth-order valence-corrected chi connectivity index (χ4v) is 2.36. The number of halogens is 1. The molecule has 7 heteroatoms. The van der Waals surface area contributed by atoms with E-state index in [1.807, 2.05) is 0 Å². The number of terminal acetylenes is 1. The molecular formula is C12H14ClN3O3. The van der Waals surface area contributed by atoms with Gasteiger partial charge >= 0.3 is 0 Å². The summed E-state index contributed by atoms with van der Waals surface area (Å²) in [5.74, 6) is 2.87. The topological polar surface area (TPSA) is 91.3 Å². The van der Waals surface area contributed by atoms with E-state index in [4.69, 9.17) is 28.5 Å². The number of aliphatic hydroxyl groups is 2. The van der Waals surface area contributed by atoms with E-state index >= 15 is 0 Å². The van der Waals surface area contributed by atoms with Crippen molar-refractivity contribution in [2.75, 3.05) is 6.61 Å². The van der Waals surface area contributed by atoms with Gasteiger partial charge in [0.25, 0.3) is 0 Å². The van der Waals surface area contributed by atoms with Crippen molar-refractivity contribution in [1.29, 1.82) is 0 Å². The van der Waals surface area contributed by atoms with Gasteiger partial charge in [0, 0.05) is 6.20 Å². The van der Waals surface area contributed by atoms with Crippen molar-refractivity contribution >= 4 is 17.4 Å². The number of hydrogen-bond donors (Lipinski definition) is 3. The van der Waals surface area contributed by atoms with Gasteiger partial charge in [-0.15, -0.1) is 18.0 Å². The average Bonchev–Trinajstić information content (AvgIpc) is 2.64. The van der Waals surface area contributed by atoms with Crippen LogP contribution in [-0.2, 0) is 4.74 Å². The van der Waals surface area contributed by atoms with E-state index in [0.29, 0.717) is 11.7 Å². The minimum Gasteiger partial charge on any atom is -0.392 e. The maximum atomic E-state index is 10.0. The maximum absolute atomic E-state index is 10.0. The molecule has 6 nitrogen and oxygen atoms in total. The molecule has 0 bridgehead atoms. The van der Waals surface area contributed by atoms with Crippen molar-refractivity contribution in [3.8, 4) is 12.3 Å². The van der Waals surface area contributed by atoms with E-state index in [1.165, 1.54) is 4.90 Å². The highest BCUT2D eigenvalue weighted by Crippen LogP contribution is 2.37. The molecule has 0 aromatic rings. The highest BCUT2D eigenvalue weighted by molar-refractivity contribution is 6.21. The van der Waals surface area contributed by atoms with Crippen molar-refractivity contribution in [3.05, 3.63) is 24.7 Å². The molecule has 0 aliphatic carbocycles. The van der Waals surface area contributed by atoms with Crippen molar-refractivity contribution in [1.82, 2.24) is 4.90 Å². The van der Waals surface area contributed by atoms with Crippen LogP contribution in [0.5, 0.6) is 0 Å². The smallest absolute Gasteiger partial charge is 0.181 e. The fraction of sp³-hybridized carbons (Fsp3) is 0.417. The van der Waals surface area contributed by atoms with Crippen molar-refractivity contribution in [2.24, 2.45) is 10.7 Å². The van der Waals surface area contributed by atoms with Gasteiger partial charge in [-0.25, -0.2) is 4.99 Å². The van der Waals surface area contributed by atoms with Crippen LogP contribution in [-0.4, -0.2) is 50.9 Å². The van der Waals surface area contributed by atoms with Crippen LogP contribution in [0.4, 0.5) is 0 Å². The fourth-order valence-electron chi connectivity index (χ4n) is 1.99. The Labute approximate surface area is 115 Å². The average molecular weight is 284 g/mol. The molecule has 2 rings (SSSR count). The van der Waals surface area contributed by atoms with Gasteiger partial charge in [-0.2, -0.15) is 0 Å². The summed E-state index contributed by atoms with van der Waals surface area (Å²) in [5, 5.41) is 18.5. The first-order chi connectivity index (χ1) is 8.95. The summed E-state index contributed by atoms with van der Waals surface area (Å²) >= 11 is 6.13. The van der Waals surface area contributed by atoms with Crippen LogP contribution in [0.15, 0.2) is 29.7 Å². The molecule has 4 atom stereocenters. The van der Waals surface area contributed by atoms with Gasteiger partial charge < -0.3 is 25.6 Å². The second kappa shape index (κ2) is 4.87. The molecule has 19 heavy (non-hydrogen) atoms. The second-order valence-electron chi connectivity index (χ2n) is 4.27. The SMILES string of the molecule is C#C[C@]1(CO)O[C@@H](N2C=CC(N)=NC2=C)[C@H](Cl)[C@@H]1O. The summed E-state index contributed by atoms with van der Waals surface area (Å²) < 4.78 is 5.55. The number of hydrogen-bond acceptors (Lipinski definition) is 6. The number of aliphatic imine (C=N–C) groups is 1. The molecule has 0 spiro atoms. The van der Waals surface area contributed by atoms with E-state index in [9.17, 15) is 10.2 Å². The predicted molar refractivity (Wildman–Crippen MR) is 70.9 cm³/mol. The molecular weight excluding hydrogens is 270 g/mol. The minimum atomic E-state index is -1.53. The standard InChI is InChI=1S/C12H14ClN3O3/c1-3-12(6-17)10(18)9(13)11(19-12)16-5-4-8(14)15-7(16)2/h1,4-5,9-11,17-18H,2,6H2,(H2,14,15)/t9-,10+,11-,12-/m1/s1.